The van der Waals surface area contributed by atoms with E-state index in [0.717, 1.165) is 12.4 Å². The van der Waals surface area contributed by atoms with Crippen LogP contribution in [0.4, 0.5) is 5.82 Å². The Hall–Kier alpha value is -2.02. The molecule has 2 aromatic heterocycles. The van der Waals surface area contributed by atoms with Crippen LogP contribution in [0.25, 0.3) is 0 Å². The van der Waals surface area contributed by atoms with Gasteiger partial charge in [-0.1, -0.05) is 5.16 Å². The van der Waals surface area contributed by atoms with E-state index < -0.39 is 0 Å². The van der Waals surface area contributed by atoms with Crippen molar-refractivity contribution in [1.29, 1.82) is 0 Å². The number of ether oxygens (including phenoxy) is 1. The third-order valence-corrected chi connectivity index (χ3v) is 2.76. The molecule has 1 atom stereocenters. The Labute approximate surface area is 104 Å². The summed E-state index contributed by atoms with van der Waals surface area (Å²) in [5.74, 6) is 1.97. The number of aryl methyl sites for hydroxylation is 1. The normalized spacial score (nSPS) is 20.1. The van der Waals surface area contributed by atoms with Gasteiger partial charge in [0.2, 0.25) is 0 Å². The molecule has 0 bridgehead atoms. The second-order valence-electron chi connectivity index (χ2n) is 4.05. The number of anilines is 1. The van der Waals surface area contributed by atoms with Crippen LogP contribution in [0.5, 0.6) is 0 Å². The largest absolute Gasteiger partial charge is 0.365 e. The number of hydrogen-bond donors (Lipinski definition) is 0. The summed E-state index contributed by atoms with van der Waals surface area (Å²) < 4.78 is 10.8. The molecular weight excluding hydrogens is 234 g/mol. The zero-order valence-corrected chi connectivity index (χ0v) is 9.98. The van der Waals surface area contributed by atoms with Crippen LogP contribution in [0.15, 0.2) is 23.1 Å². The summed E-state index contributed by atoms with van der Waals surface area (Å²) in [4.78, 5) is 14.6. The summed E-state index contributed by atoms with van der Waals surface area (Å²) in [5, 5.41) is 3.78. The van der Waals surface area contributed by atoms with Gasteiger partial charge in [-0.3, -0.25) is 4.98 Å². The zero-order valence-electron chi connectivity index (χ0n) is 9.98. The first-order chi connectivity index (χ1) is 8.83. The van der Waals surface area contributed by atoms with E-state index in [9.17, 15) is 0 Å². The summed E-state index contributed by atoms with van der Waals surface area (Å²) in [5.41, 5.74) is 0. The summed E-state index contributed by atoms with van der Waals surface area (Å²) in [6.07, 6.45) is 4.86. The molecule has 3 rings (SSSR count). The molecule has 0 aliphatic carbocycles. The quantitative estimate of drug-likeness (QED) is 0.774. The SMILES string of the molecule is Cc1noc(C2CN(c3cnccn3)CCO2)n1. The molecule has 7 nitrogen and oxygen atoms in total. The van der Waals surface area contributed by atoms with Gasteiger partial charge in [0.15, 0.2) is 11.9 Å². The smallest absolute Gasteiger partial charge is 0.257 e. The predicted octanol–water partition coefficient (Wildman–Crippen LogP) is 0.746. The molecule has 18 heavy (non-hydrogen) atoms. The third-order valence-electron chi connectivity index (χ3n) is 2.76. The van der Waals surface area contributed by atoms with Crippen LogP contribution >= 0.6 is 0 Å². The topological polar surface area (TPSA) is 77.2 Å². The average molecular weight is 247 g/mol. The average Bonchev–Trinajstić information content (AvgIpc) is 2.87. The maximum absolute atomic E-state index is 5.64. The number of aromatic nitrogens is 4. The lowest BCUT2D eigenvalue weighted by Crippen LogP contribution is -2.39. The van der Waals surface area contributed by atoms with Crippen LogP contribution in [0.1, 0.15) is 17.8 Å². The minimum absolute atomic E-state index is 0.207. The Kier molecular flexibility index (Phi) is 2.89. The van der Waals surface area contributed by atoms with Crippen molar-refractivity contribution in [3.05, 3.63) is 30.3 Å². The van der Waals surface area contributed by atoms with Crippen molar-refractivity contribution in [3.63, 3.8) is 0 Å². The summed E-state index contributed by atoms with van der Waals surface area (Å²) >= 11 is 0. The van der Waals surface area contributed by atoms with Gasteiger partial charge < -0.3 is 14.2 Å². The van der Waals surface area contributed by atoms with E-state index in [0.29, 0.717) is 24.9 Å². The molecule has 1 aliphatic heterocycles. The molecule has 3 heterocycles. The number of rotatable bonds is 2. The highest BCUT2D eigenvalue weighted by atomic mass is 16.5. The van der Waals surface area contributed by atoms with Crippen LogP contribution < -0.4 is 4.90 Å². The molecule has 7 heteroatoms. The highest BCUT2D eigenvalue weighted by molar-refractivity contribution is 5.35. The zero-order chi connectivity index (χ0) is 12.4. The van der Waals surface area contributed by atoms with Crippen LogP contribution in [0, 0.1) is 6.92 Å². The van der Waals surface area contributed by atoms with Gasteiger partial charge in [0.05, 0.1) is 19.3 Å². The van der Waals surface area contributed by atoms with Crippen LogP contribution in [0.2, 0.25) is 0 Å². The Morgan fingerprint density at radius 3 is 3.06 bits per heavy atom. The van der Waals surface area contributed by atoms with Gasteiger partial charge in [0, 0.05) is 18.9 Å². The molecule has 0 spiro atoms. The maximum atomic E-state index is 5.64. The van der Waals surface area contributed by atoms with E-state index in [2.05, 4.69) is 25.0 Å². The van der Waals surface area contributed by atoms with Gasteiger partial charge in [0.25, 0.3) is 5.89 Å². The lowest BCUT2D eigenvalue weighted by molar-refractivity contribution is 0.0184. The third kappa shape index (κ3) is 2.17. The van der Waals surface area contributed by atoms with E-state index in [1.807, 2.05) is 0 Å². The lowest BCUT2D eigenvalue weighted by Gasteiger charge is -2.31. The van der Waals surface area contributed by atoms with E-state index in [4.69, 9.17) is 9.26 Å². The Bertz CT molecular complexity index is 515. The number of morpholine rings is 1. The fraction of sp³-hybridized carbons (Fsp3) is 0.455. The molecule has 1 saturated heterocycles. The summed E-state index contributed by atoms with van der Waals surface area (Å²) in [6.45, 7) is 3.81. The van der Waals surface area contributed by atoms with Gasteiger partial charge in [-0.05, 0) is 6.92 Å². The minimum Gasteiger partial charge on any atom is -0.365 e. The Balaban J connectivity index is 1.76. The van der Waals surface area contributed by atoms with E-state index >= 15 is 0 Å². The molecule has 0 aromatic carbocycles. The molecule has 1 fully saturated rings. The minimum atomic E-state index is -0.207. The molecular formula is C11H13N5O2. The van der Waals surface area contributed by atoms with Crippen LogP contribution in [0.3, 0.4) is 0 Å². The van der Waals surface area contributed by atoms with E-state index in [1.165, 1.54) is 0 Å². The first-order valence-electron chi connectivity index (χ1n) is 5.76. The predicted molar refractivity (Wildman–Crippen MR) is 62.0 cm³/mol. The van der Waals surface area contributed by atoms with Gasteiger partial charge in [-0.2, -0.15) is 4.98 Å². The Morgan fingerprint density at radius 1 is 1.39 bits per heavy atom. The van der Waals surface area contributed by atoms with Crippen molar-refractivity contribution in [1.82, 2.24) is 20.1 Å². The van der Waals surface area contributed by atoms with Gasteiger partial charge in [0.1, 0.15) is 5.82 Å². The molecule has 2 aromatic rings. The molecule has 94 valence electrons. The van der Waals surface area contributed by atoms with Crippen molar-refractivity contribution in [2.24, 2.45) is 0 Å². The first kappa shape index (κ1) is 11.1. The lowest BCUT2D eigenvalue weighted by atomic mass is 10.2. The molecule has 0 saturated carbocycles. The fourth-order valence-corrected chi connectivity index (χ4v) is 1.91. The maximum Gasteiger partial charge on any atom is 0.257 e. The first-order valence-corrected chi connectivity index (χ1v) is 5.76. The van der Waals surface area contributed by atoms with Crippen molar-refractivity contribution in [3.8, 4) is 0 Å². The number of nitrogens with zero attached hydrogens (tertiary/aromatic N) is 5. The van der Waals surface area contributed by atoms with E-state index in [-0.39, 0.29) is 6.10 Å². The fourth-order valence-electron chi connectivity index (χ4n) is 1.91. The highest BCUT2D eigenvalue weighted by Crippen LogP contribution is 2.23. The second-order valence-corrected chi connectivity index (χ2v) is 4.05. The van der Waals surface area contributed by atoms with Crippen molar-refractivity contribution < 1.29 is 9.26 Å². The van der Waals surface area contributed by atoms with Gasteiger partial charge in [-0.15, -0.1) is 0 Å². The van der Waals surface area contributed by atoms with Gasteiger partial charge in [-0.25, -0.2) is 4.98 Å². The number of hydrogen-bond acceptors (Lipinski definition) is 7. The highest BCUT2D eigenvalue weighted by Gasteiger charge is 2.27. The van der Waals surface area contributed by atoms with Crippen LogP contribution in [-0.2, 0) is 4.74 Å². The van der Waals surface area contributed by atoms with Crippen molar-refractivity contribution >= 4 is 5.82 Å². The summed E-state index contributed by atoms with van der Waals surface area (Å²) in [6, 6.07) is 0. The van der Waals surface area contributed by atoms with Crippen LogP contribution in [-0.4, -0.2) is 39.8 Å². The molecule has 0 N–H and O–H groups in total. The van der Waals surface area contributed by atoms with Gasteiger partial charge >= 0.3 is 0 Å². The van der Waals surface area contributed by atoms with E-state index in [1.54, 1.807) is 25.5 Å². The molecule has 1 aliphatic rings. The molecule has 1 unspecified atom stereocenters. The summed E-state index contributed by atoms with van der Waals surface area (Å²) in [7, 11) is 0. The van der Waals surface area contributed by atoms with Crippen molar-refractivity contribution in [2.45, 2.75) is 13.0 Å². The van der Waals surface area contributed by atoms with Crippen molar-refractivity contribution in [2.75, 3.05) is 24.6 Å². The standard InChI is InChI=1S/C11H13N5O2/c1-8-14-11(18-15-8)9-7-16(4-5-17-9)10-6-12-2-3-13-10/h2-3,6,9H,4-5,7H2,1H3. The Morgan fingerprint density at radius 2 is 2.33 bits per heavy atom. The molecule has 0 amide bonds. The molecule has 0 radical (unpaired) electrons. The monoisotopic (exact) mass is 247 g/mol. The second kappa shape index (κ2) is 4.69.